The van der Waals surface area contributed by atoms with Gasteiger partial charge in [0.2, 0.25) is 5.78 Å². The first-order valence-electron chi connectivity index (χ1n) is 8.77. The van der Waals surface area contributed by atoms with Crippen LogP contribution in [0.25, 0.3) is 10.9 Å². The summed E-state index contributed by atoms with van der Waals surface area (Å²) in [6.45, 7) is 1.04. The summed E-state index contributed by atoms with van der Waals surface area (Å²) in [5.41, 5.74) is 0.579. The Hall–Kier alpha value is -3.88. The Kier molecular flexibility index (Phi) is 5.77. The average Bonchev–Trinajstić information content (AvgIpc) is 2.70. The van der Waals surface area contributed by atoms with E-state index >= 15 is 0 Å². The predicted molar refractivity (Wildman–Crippen MR) is 104 cm³/mol. The Labute approximate surface area is 164 Å². The number of nitro benzene ring substituents is 1. The number of nitrogens with one attached hydrogen (secondary N) is 1. The SMILES string of the molecule is Cc1ccc(C(=O)COC(=O)CCc2nc3ccccc3c(=O)[nH]2)cc1[N+](=O)[O-]. The van der Waals surface area contributed by atoms with E-state index in [1.807, 2.05) is 0 Å². The second kappa shape index (κ2) is 8.42. The molecular weight excluding hydrogens is 378 g/mol. The van der Waals surface area contributed by atoms with E-state index in [2.05, 4.69) is 9.97 Å². The van der Waals surface area contributed by atoms with Crippen LogP contribution in [0.3, 0.4) is 0 Å². The molecule has 3 aromatic rings. The first kappa shape index (κ1) is 19.9. The van der Waals surface area contributed by atoms with Gasteiger partial charge in [-0.15, -0.1) is 0 Å². The number of aromatic nitrogens is 2. The number of nitro groups is 1. The van der Waals surface area contributed by atoms with Crippen LogP contribution in [0.2, 0.25) is 0 Å². The predicted octanol–water partition coefficient (Wildman–Crippen LogP) is 2.50. The number of carbonyl (C=O) groups is 2. The first-order valence-corrected chi connectivity index (χ1v) is 8.77. The summed E-state index contributed by atoms with van der Waals surface area (Å²) >= 11 is 0. The summed E-state index contributed by atoms with van der Waals surface area (Å²) in [4.78, 5) is 53.4. The Morgan fingerprint density at radius 3 is 2.72 bits per heavy atom. The summed E-state index contributed by atoms with van der Waals surface area (Å²) in [6, 6.07) is 10.9. The third-order valence-electron chi connectivity index (χ3n) is 4.32. The summed E-state index contributed by atoms with van der Waals surface area (Å²) in [5, 5.41) is 11.4. The number of H-pyrrole nitrogens is 1. The van der Waals surface area contributed by atoms with Crippen LogP contribution in [-0.4, -0.2) is 33.3 Å². The Bertz CT molecular complexity index is 1170. The number of ether oxygens (including phenoxy) is 1. The summed E-state index contributed by atoms with van der Waals surface area (Å²) in [6.07, 6.45) is 0.0612. The topological polar surface area (TPSA) is 132 Å². The van der Waals surface area contributed by atoms with Crippen LogP contribution in [0.1, 0.15) is 28.2 Å². The van der Waals surface area contributed by atoms with Crippen molar-refractivity contribution in [3.8, 4) is 0 Å². The van der Waals surface area contributed by atoms with Crippen LogP contribution in [0.5, 0.6) is 0 Å². The molecule has 1 N–H and O–H groups in total. The van der Waals surface area contributed by atoms with Crippen molar-refractivity contribution in [3.05, 3.63) is 79.9 Å². The molecule has 0 atom stereocenters. The first-order chi connectivity index (χ1) is 13.8. The number of esters is 1. The molecule has 0 spiro atoms. The molecule has 2 aromatic carbocycles. The number of para-hydroxylation sites is 1. The van der Waals surface area contributed by atoms with Crippen molar-refractivity contribution in [2.24, 2.45) is 0 Å². The van der Waals surface area contributed by atoms with Gasteiger partial charge in [-0.2, -0.15) is 0 Å². The average molecular weight is 395 g/mol. The van der Waals surface area contributed by atoms with Crippen LogP contribution in [0.4, 0.5) is 5.69 Å². The molecule has 29 heavy (non-hydrogen) atoms. The molecule has 3 rings (SSSR count). The number of benzene rings is 2. The van der Waals surface area contributed by atoms with Crippen molar-refractivity contribution in [2.45, 2.75) is 19.8 Å². The van der Waals surface area contributed by atoms with Gasteiger partial charge in [0.15, 0.2) is 6.61 Å². The lowest BCUT2D eigenvalue weighted by molar-refractivity contribution is -0.385. The summed E-state index contributed by atoms with van der Waals surface area (Å²) in [5.74, 6) is -0.847. The largest absolute Gasteiger partial charge is 0.457 e. The van der Waals surface area contributed by atoms with Gasteiger partial charge >= 0.3 is 5.97 Å². The molecule has 0 bridgehead atoms. The number of fused-ring (bicyclic) bond motifs is 1. The van der Waals surface area contributed by atoms with E-state index in [4.69, 9.17) is 4.74 Å². The van der Waals surface area contributed by atoms with Crippen molar-refractivity contribution in [2.75, 3.05) is 6.61 Å². The number of ketones is 1. The zero-order chi connectivity index (χ0) is 21.0. The molecule has 0 radical (unpaired) electrons. The maximum absolute atomic E-state index is 12.1. The van der Waals surface area contributed by atoms with Crippen LogP contribution in [-0.2, 0) is 16.0 Å². The van der Waals surface area contributed by atoms with Crippen LogP contribution in [0.15, 0.2) is 47.3 Å². The summed E-state index contributed by atoms with van der Waals surface area (Å²) < 4.78 is 4.95. The van der Waals surface area contributed by atoms with Crippen LogP contribution >= 0.6 is 0 Å². The van der Waals surface area contributed by atoms with E-state index < -0.39 is 23.3 Å². The maximum Gasteiger partial charge on any atom is 0.306 e. The number of Topliss-reactive ketones (excluding diaryl/α,β-unsaturated/α-hetero) is 1. The highest BCUT2D eigenvalue weighted by atomic mass is 16.6. The Balaban J connectivity index is 1.58. The monoisotopic (exact) mass is 395 g/mol. The summed E-state index contributed by atoms with van der Waals surface area (Å²) in [7, 11) is 0. The van der Waals surface area contributed by atoms with Crippen LogP contribution in [0, 0.1) is 17.0 Å². The lowest BCUT2D eigenvalue weighted by Crippen LogP contribution is -2.16. The van der Waals surface area contributed by atoms with E-state index in [0.717, 1.165) is 6.07 Å². The van der Waals surface area contributed by atoms with E-state index in [-0.39, 0.29) is 29.7 Å². The van der Waals surface area contributed by atoms with E-state index in [0.29, 0.717) is 22.3 Å². The normalized spacial score (nSPS) is 10.7. The molecule has 148 valence electrons. The molecule has 0 amide bonds. The minimum absolute atomic E-state index is 0.0807. The van der Waals surface area contributed by atoms with E-state index in [9.17, 15) is 24.5 Å². The van der Waals surface area contributed by atoms with Gasteiger partial charge in [0.25, 0.3) is 11.2 Å². The lowest BCUT2D eigenvalue weighted by Gasteiger charge is -2.06. The van der Waals surface area contributed by atoms with Gasteiger partial charge < -0.3 is 9.72 Å². The molecule has 0 aliphatic heterocycles. The molecule has 0 fully saturated rings. The molecule has 1 heterocycles. The fourth-order valence-corrected chi connectivity index (χ4v) is 2.75. The Morgan fingerprint density at radius 1 is 1.21 bits per heavy atom. The number of hydrogen-bond acceptors (Lipinski definition) is 7. The van der Waals surface area contributed by atoms with Gasteiger partial charge in [0.05, 0.1) is 22.2 Å². The van der Waals surface area contributed by atoms with Gasteiger partial charge in [0, 0.05) is 23.6 Å². The van der Waals surface area contributed by atoms with Crippen molar-refractivity contribution in [1.82, 2.24) is 9.97 Å². The minimum Gasteiger partial charge on any atom is -0.457 e. The Morgan fingerprint density at radius 2 is 1.97 bits per heavy atom. The molecule has 0 saturated heterocycles. The van der Waals surface area contributed by atoms with Crippen LogP contribution < -0.4 is 5.56 Å². The standard InChI is InChI=1S/C20H17N3O6/c1-12-6-7-13(10-16(12)23(27)28)17(24)11-29-19(25)9-8-18-21-15-5-3-2-4-14(15)20(26)22-18/h2-7,10H,8-9,11H2,1H3,(H,21,22,26). The van der Waals surface area contributed by atoms with E-state index in [1.54, 1.807) is 31.2 Å². The van der Waals surface area contributed by atoms with Gasteiger partial charge in [-0.05, 0) is 19.1 Å². The second-order valence-electron chi connectivity index (χ2n) is 6.37. The van der Waals surface area contributed by atoms with E-state index in [1.165, 1.54) is 12.1 Å². The number of aryl methyl sites for hydroxylation is 2. The fourth-order valence-electron chi connectivity index (χ4n) is 2.75. The highest BCUT2D eigenvalue weighted by Gasteiger charge is 2.16. The molecule has 0 aliphatic rings. The second-order valence-corrected chi connectivity index (χ2v) is 6.37. The van der Waals surface area contributed by atoms with Crippen molar-refractivity contribution < 1.29 is 19.2 Å². The highest BCUT2D eigenvalue weighted by Crippen LogP contribution is 2.19. The minimum atomic E-state index is -0.643. The molecule has 0 saturated carbocycles. The van der Waals surface area contributed by atoms with Crippen molar-refractivity contribution >= 4 is 28.3 Å². The number of nitrogens with zero attached hydrogens (tertiary/aromatic N) is 2. The quantitative estimate of drug-likeness (QED) is 0.281. The lowest BCUT2D eigenvalue weighted by atomic mass is 10.1. The number of hydrogen-bond donors (Lipinski definition) is 1. The zero-order valence-corrected chi connectivity index (χ0v) is 15.5. The van der Waals surface area contributed by atoms with Crippen molar-refractivity contribution in [3.63, 3.8) is 0 Å². The molecule has 0 unspecified atom stereocenters. The third-order valence-corrected chi connectivity index (χ3v) is 4.32. The zero-order valence-electron chi connectivity index (χ0n) is 15.5. The molecule has 0 aliphatic carbocycles. The van der Waals surface area contributed by atoms with Gasteiger partial charge in [0.1, 0.15) is 5.82 Å². The van der Waals surface area contributed by atoms with Gasteiger partial charge in [-0.25, -0.2) is 4.98 Å². The van der Waals surface area contributed by atoms with Gasteiger partial charge in [-0.3, -0.25) is 24.5 Å². The number of carbonyl (C=O) groups excluding carboxylic acids is 2. The molecular formula is C20H17N3O6. The maximum atomic E-state index is 12.1. The third kappa shape index (κ3) is 4.70. The van der Waals surface area contributed by atoms with Crippen molar-refractivity contribution in [1.29, 1.82) is 0 Å². The highest BCUT2D eigenvalue weighted by molar-refractivity contribution is 5.98. The molecule has 9 heteroatoms. The number of rotatable bonds is 7. The molecule has 1 aromatic heterocycles. The smallest absolute Gasteiger partial charge is 0.306 e. The fraction of sp³-hybridized carbons (Fsp3) is 0.200. The molecule has 9 nitrogen and oxygen atoms in total. The van der Waals surface area contributed by atoms with Gasteiger partial charge in [-0.1, -0.05) is 24.3 Å². The number of aromatic amines is 1.